The molecule has 0 aliphatic carbocycles. The standard InChI is InChI=1S/C27H25N3O3S/c1-20-11-17-24(18-12-20)34(32,33)30(2)23-15-13-22(14-16-23)27(31)29-26(21-8-4-3-5-9-21)25-10-6-7-19-28-25/h3-19,26H,1-2H3,(H,29,31). The maximum atomic E-state index is 13.1. The fourth-order valence-corrected chi connectivity index (χ4v) is 4.76. The second-order valence-corrected chi connectivity index (χ2v) is 9.87. The summed E-state index contributed by atoms with van der Waals surface area (Å²) < 4.78 is 27.1. The molecular weight excluding hydrogens is 446 g/mol. The highest BCUT2D eigenvalue weighted by atomic mass is 32.2. The zero-order valence-corrected chi connectivity index (χ0v) is 19.7. The Morgan fingerprint density at radius 1 is 0.853 bits per heavy atom. The normalized spacial score (nSPS) is 12.1. The number of amides is 1. The first kappa shape index (κ1) is 23.2. The number of aromatic nitrogens is 1. The van der Waals surface area contributed by atoms with Crippen LogP contribution in [0.4, 0.5) is 5.69 Å². The summed E-state index contributed by atoms with van der Waals surface area (Å²) in [5, 5.41) is 3.04. The molecule has 7 heteroatoms. The summed E-state index contributed by atoms with van der Waals surface area (Å²) >= 11 is 0. The van der Waals surface area contributed by atoms with E-state index in [0.717, 1.165) is 16.8 Å². The van der Waals surface area contributed by atoms with E-state index in [4.69, 9.17) is 0 Å². The van der Waals surface area contributed by atoms with Gasteiger partial charge in [0.05, 0.1) is 22.3 Å². The van der Waals surface area contributed by atoms with Gasteiger partial charge in [0.25, 0.3) is 15.9 Å². The number of hydrogen-bond acceptors (Lipinski definition) is 4. The Morgan fingerprint density at radius 2 is 1.50 bits per heavy atom. The van der Waals surface area contributed by atoms with E-state index in [1.165, 1.54) is 11.4 Å². The largest absolute Gasteiger partial charge is 0.340 e. The Kier molecular flexibility index (Phi) is 6.75. The summed E-state index contributed by atoms with van der Waals surface area (Å²) in [7, 11) is -2.21. The Bertz CT molecular complexity index is 1320. The summed E-state index contributed by atoms with van der Waals surface area (Å²) in [5.74, 6) is -0.282. The molecule has 1 N–H and O–H groups in total. The molecule has 0 aliphatic heterocycles. The van der Waals surface area contributed by atoms with Crippen LogP contribution in [-0.4, -0.2) is 26.4 Å². The topological polar surface area (TPSA) is 79.4 Å². The average Bonchev–Trinajstić information content (AvgIpc) is 2.88. The molecule has 34 heavy (non-hydrogen) atoms. The van der Waals surface area contributed by atoms with Crippen molar-refractivity contribution in [3.8, 4) is 0 Å². The first-order valence-corrected chi connectivity index (χ1v) is 12.2. The number of carbonyl (C=O) groups excluding carboxylic acids is 1. The zero-order chi connectivity index (χ0) is 24.1. The Hall–Kier alpha value is -3.97. The number of sulfonamides is 1. The molecule has 0 fully saturated rings. The monoisotopic (exact) mass is 471 g/mol. The van der Waals surface area contributed by atoms with Gasteiger partial charge in [-0.05, 0) is 61.0 Å². The maximum Gasteiger partial charge on any atom is 0.264 e. The van der Waals surface area contributed by atoms with Crippen LogP contribution >= 0.6 is 0 Å². The lowest BCUT2D eigenvalue weighted by molar-refractivity contribution is 0.0942. The number of aryl methyl sites for hydroxylation is 1. The molecule has 0 saturated heterocycles. The van der Waals surface area contributed by atoms with Gasteiger partial charge < -0.3 is 5.32 Å². The van der Waals surface area contributed by atoms with Crippen molar-refractivity contribution in [1.82, 2.24) is 10.3 Å². The quantitative estimate of drug-likeness (QED) is 0.422. The van der Waals surface area contributed by atoms with Crippen LogP contribution in [-0.2, 0) is 10.0 Å². The van der Waals surface area contributed by atoms with Crippen molar-refractivity contribution >= 4 is 21.6 Å². The molecule has 3 aromatic carbocycles. The molecule has 0 radical (unpaired) electrons. The van der Waals surface area contributed by atoms with Crippen molar-refractivity contribution in [2.45, 2.75) is 17.9 Å². The molecule has 1 atom stereocenters. The van der Waals surface area contributed by atoms with Gasteiger partial charge in [-0.1, -0.05) is 54.1 Å². The highest BCUT2D eigenvalue weighted by Gasteiger charge is 2.22. The average molecular weight is 472 g/mol. The Morgan fingerprint density at radius 3 is 2.12 bits per heavy atom. The highest BCUT2D eigenvalue weighted by Crippen LogP contribution is 2.24. The third kappa shape index (κ3) is 5.00. The number of carbonyl (C=O) groups is 1. The Balaban J connectivity index is 1.55. The van der Waals surface area contributed by atoms with E-state index in [2.05, 4.69) is 10.3 Å². The van der Waals surface area contributed by atoms with Gasteiger partial charge in [0.1, 0.15) is 0 Å². The van der Waals surface area contributed by atoms with Gasteiger partial charge >= 0.3 is 0 Å². The van der Waals surface area contributed by atoms with E-state index in [1.54, 1.807) is 54.7 Å². The van der Waals surface area contributed by atoms with Crippen molar-refractivity contribution in [2.24, 2.45) is 0 Å². The lowest BCUT2D eigenvalue weighted by Crippen LogP contribution is -2.30. The second kappa shape index (κ2) is 9.89. The zero-order valence-electron chi connectivity index (χ0n) is 18.9. The van der Waals surface area contributed by atoms with Gasteiger partial charge in [0.2, 0.25) is 0 Å². The lowest BCUT2D eigenvalue weighted by atomic mass is 10.0. The summed E-state index contributed by atoms with van der Waals surface area (Å²) in [6, 6.07) is 28.0. The molecule has 4 aromatic rings. The van der Waals surface area contributed by atoms with Gasteiger partial charge in [-0.15, -0.1) is 0 Å². The van der Waals surface area contributed by atoms with Crippen LogP contribution in [0.2, 0.25) is 0 Å². The molecule has 1 amide bonds. The van der Waals surface area contributed by atoms with Gasteiger partial charge in [0.15, 0.2) is 0 Å². The van der Waals surface area contributed by atoms with Crippen molar-refractivity contribution < 1.29 is 13.2 Å². The highest BCUT2D eigenvalue weighted by molar-refractivity contribution is 7.92. The number of nitrogens with one attached hydrogen (secondary N) is 1. The molecule has 1 unspecified atom stereocenters. The van der Waals surface area contributed by atoms with Gasteiger partial charge in [-0.25, -0.2) is 8.42 Å². The minimum absolute atomic E-state index is 0.212. The number of rotatable bonds is 7. The first-order valence-electron chi connectivity index (χ1n) is 10.8. The maximum absolute atomic E-state index is 13.1. The van der Waals surface area contributed by atoms with Gasteiger partial charge in [-0.3, -0.25) is 14.1 Å². The van der Waals surface area contributed by atoms with Crippen LogP contribution < -0.4 is 9.62 Å². The summed E-state index contributed by atoms with van der Waals surface area (Å²) in [6.07, 6.45) is 1.69. The van der Waals surface area contributed by atoms with E-state index < -0.39 is 16.1 Å². The molecule has 1 aromatic heterocycles. The van der Waals surface area contributed by atoms with Crippen LogP contribution in [0.15, 0.2) is 108 Å². The summed E-state index contributed by atoms with van der Waals surface area (Å²) in [5.41, 5.74) is 3.50. The third-order valence-electron chi connectivity index (χ3n) is 5.56. The smallest absolute Gasteiger partial charge is 0.264 e. The molecule has 172 valence electrons. The first-order chi connectivity index (χ1) is 16.4. The predicted molar refractivity (Wildman–Crippen MR) is 133 cm³/mol. The molecule has 0 spiro atoms. The molecule has 0 aliphatic rings. The number of pyridine rings is 1. The van der Waals surface area contributed by atoms with E-state index in [0.29, 0.717) is 11.3 Å². The van der Waals surface area contributed by atoms with Crippen LogP contribution in [0.3, 0.4) is 0 Å². The van der Waals surface area contributed by atoms with Crippen molar-refractivity contribution in [3.63, 3.8) is 0 Å². The van der Waals surface area contributed by atoms with E-state index in [1.807, 2.05) is 55.5 Å². The predicted octanol–water partition coefficient (Wildman–Crippen LogP) is 4.73. The van der Waals surface area contributed by atoms with Gasteiger partial charge in [-0.2, -0.15) is 0 Å². The van der Waals surface area contributed by atoms with Crippen LogP contribution in [0.5, 0.6) is 0 Å². The molecule has 1 heterocycles. The number of hydrogen-bond donors (Lipinski definition) is 1. The molecule has 0 bridgehead atoms. The molecule has 0 saturated carbocycles. The summed E-state index contributed by atoms with van der Waals surface area (Å²) in [6.45, 7) is 1.90. The Labute approximate surface area is 200 Å². The minimum atomic E-state index is -3.71. The third-order valence-corrected chi connectivity index (χ3v) is 7.36. The minimum Gasteiger partial charge on any atom is -0.340 e. The summed E-state index contributed by atoms with van der Waals surface area (Å²) in [4.78, 5) is 17.7. The molecular formula is C27H25N3O3S. The van der Waals surface area contributed by atoms with Crippen molar-refractivity contribution in [2.75, 3.05) is 11.4 Å². The number of nitrogens with zero attached hydrogens (tertiary/aromatic N) is 2. The van der Waals surface area contributed by atoms with E-state index in [-0.39, 0.29) is 10.8 Å². The van der Waals surface area contributed by atoms with Crippen molar-refractivity contribution in [1.29, 1.82) is 0 Å². The van der Waals surface area contributed by atoms with Crippen molar-refractivity contribution in [3.05, 3.63) is 126 Å². The second-order valence-electron chi connectivity index (χ2n) is 7.90. The van der Waals surface area contributed by atoms with Crippen LogP contribution in [0.1, 0.15) is 33.2 Å². The van der Waals surface area contributed by atoms with Crippen LogP contribution in [0.25, 0.3) is 0 Å². The fraction of sp³-hybridized carbons (Fsp3) is 0.111. The van der Waals surface area contributed by atoms with E-state index in [9.17, 15) is 13.2 Å². The van der Waals surface area contributed by atoms with Gasteiger partial charge in [0, 0.05) is 18.8 Å². The number of benzene rings is 3. The van der Waals surface area contributed by atoms with Crippen LogP contribution in [0, 0.1) is 6.92 Å². The molecule has 4 rings (SSSR count). The van der Waals surface area contributed by atoms with E-state index >= 15 is 0 Å². The molecule has 6 nitrogen and oxygen atoms in total. The number of anilines is 1. The SMILES string of the molecule is Cc1ccc(S(=O)(=O)N(C)c2ccc(C(=O)NC(c3ccccc3)c3ccccn3)cc2)cc1. The lowest BCUT2D eigenvalue weighted by Gasteiger charge is -2.21. The fourth-order valence-electron chi connectivity index (χ4n) is 3.56.